The predicted molar refractivity (Wildman–Crippen MR) is 92.2 cm³/mol. The summed E-state index contributed by atoms with van der Waals surface area (Å²) in [6.45, 7) is 5.39. The van der Waals surface area contributed by atoms with Crippen molar-refractivity contribution in [1.82, 2.24) is 10.2 Å². The minimum atomic E-state index is -0.526. The number of amides is 1. The molecule has 22 heavy (non-hydrogen) atoms. The van der Waals surface area contributed by atoms with Crippen LogP contribution in [0.15, 0.2) is 18.2 Å². The van der Waals surface area contributed by atoms with Crippen molar-refractivity contribution < 1.29 is 9.53 Å². The van der Waals surface area contributed by atoms with E-state index in [9.17, 15) is 4.79 Å². The Balaban J connectivity index is 0.00000242. The van der Waals surface area contributed by atoms with Crippen LogP contribution in [0.2, 0.25) is 5.02 Å². The van der Waals surface area contributed by atoms with Gasteiger partial charge in [-0.25, -0.2) is 0 Å². The zero-order valence-corrected chi connectivity index (χ0v) is 14.8. The average Bonchev–Trinajstić information content (AvgIpc) is 2.90. The van der Waals surface area contributed by atoms with Crippen LogP contribution in [0, 0.1) is 6.92 Å². The molecule has 0 aliphatic carbocycles. The SMILES string of the molecule is CNCC1CCCN1C(=O)C(C)Oc1cc(C)ccc1Cl.Cl. The van der Waals surface area contributed by atoms with Crippen LogP contribution in [-0.2, 0) is 4.79 Å². The van der Waals surface area contributed by atoms with Crippen molar-refractivity contribution in [3.63, 3.8) is 0 Å². The molecule has 1 saturated heterocycles. The Kier molecular flexibility index (Phi) is 7.46. The van der Waals surface area contributed by atoms with Gasteiger partial charge in [-0.05, 0) is 51.4 Å². The molecule has 2 atom stereocenters. The normalized spacial score (nSPS) is 18.7. The van der Waals surface area contributed by atoms with Gasteiger partial charge < -0.3 is 15.0 Å². The smallest absolute Gasteiger partial charge is 0.263 e. The molecule has 6 heteroatoms. The van der Waals surface area contributed by atoms with Gasteiger partial charge in [0.1, 0.15) is 5.75 Å². The fourth-order valence-corrected chi connectivity index (χ4v) is 2.91. The van der Waals surface area contributed by atoms with Crippen LogP contribution in [0.3, 0.4) is 0 Å². The van der Waals surface area contributed by atoms with E-state index in [0.717, 1.165) is 31.5 Å². The van der Waals surface area contributed by atoms with Crippen LogP contribution in [0.4, 0.5) is 0 Å². The minimum absolute atomic E-state index is 0. The van der Waals surface area contributed by atoms with E-state index >= 15 is 0 Å². The third-order valence-corrected chi connectivity index (χ3v) is 4.15. The summed E-state index contributed by atoms with van der Waals surface area (Å²) in [5, 5.41) is 3.68. The van der Waals surface area contributed by atoms with Crippen LogP contribution in [-0.4, -0.2) is 43.1 Å². The maximum absolute atomic E-state index is 12.6. The Morgan fingerprint density at radius 2 is 2.27 bits per heavy atom. The van der Waals surface area contributed by atoms with Crippen molar-refractivity contribution in [1.29, 1.82) is 0 Å². The summed E-state index contributed by atoms with van der Waals surface area (Å²) in [6, 6.07) is 5.84. The van der Waals surface area contributed by atoms with Gasteiger partial charge >= 0.3 is 0 Å². The first-order valence-corrected chi connectivity index (χ1v) is 7.78. The van der Waals surface area contributed by atoms with Gasteiger partial charge in [-0.1, -0.05) is 17.7 Å². The molecule has 1 aromatic rings. The van der Waals surface area contributed by atoms with E-state index < -0.39 is 6.10 Å². The van der Waals surface area contributed by atoms with Crippen molar-refractivity contribution in [3.05, 3.63) is 28.8 Å². The quantitative estimate of drug-likeness (QED) is 0.890. The molecule has 1 fully saturated rings. The monoisotopic (exact) mass is 346 g/mol. The Morgan fingerprint density at radius 3 is 2.95 bits per heavy atom. The number of nitrogens with one attached hydrogen (secondary N) is 1. The van der Waals surface area contributed by atoms with Crippen molar-refractivity contribution in [2.75, 3.05) is 20.1 Å². The molecular weight excluding hydrogens is 323 g/mol. The van der Waals surface area contributed by atoms with E-state index in [1.165, 1.54) is 0 Å². The van der Waals surface area contributed by atoms with Crippen molar-refractivity contribution in [2.45, 2.75) is 38.8 Å². The number of halogens is 2. The van der Waals surface area contributed by atoms with Gasteiger partial charge in [0, 0.05) is 19.1 Å². The van der Waals surface area contributed by atoms with Crippen molar-refractivity contribution in [2.24, 2.45) is 0 Å². The van der Waals surface area contributed by atoms with E-state index in [1.54, 1.807) is 13.0 Å². The van der Waals surface area contributed by atoms with Gasteiger partial charge in [0.2, 0.25) is 0 Å². The molecular formula is C16H24Cl2N2O2. The summed E-state index contributed by atoms with van der Waals surface area (Å²) in [6.07, 6.45) is 1.57. The lowest BCUT2D eigenvalue weighted by atomic mass is 10.2. The molecule has 1 N–H and O–H groups in total. The number of likely N-dealkylation sites (tertiary alicyclic amines) is 1. The molecule has 2 rings (SSSR count). The standard InChI is InChI=1S/C16H23ClN2O2.ClH/c1-11-6-7-14(17)15(9-11)21-12(2)16(20)19-8-4-5-13(19)10-18-3;/h6-7,9,12-13,18H,4-5,8,10H2,1-3H3;1H. The molecule has 0 spiro atoms. The molecule has 1 aromatic carbocycles. The van der Waals surface area contributed by atoms with Gasteiger partial charge in [0.05, 0.1) is 5.02 Å². The maximum Gasteiger partial charge on any atom is 0.263 e. The maximum atomic E-state index is 12.6. The number of ether oxygens (including phenoxy) is 1. The predicted octanol–water partition coefficient (Wildman–Crippen LogP) is 3.05. The van der Waals surface area contributed by atoms with Crippen LogP contribution in [0.1, 0.15) is 25.3 Å². The third-order valence-electron chi connectivity index (χ3n) is 3.84. The number of aryl methyl sites for hydroxylation is 1. The van der Waals surface area contributed by atoms with Gasteiger partial charge in [0.25, 0.3) is 5.91 Å². The van der Waals surface area contributed by atoms with E-state index in [4.69, 9.17) is 16.3 Å². The number of nitrogens with zero attached hydrogens (tertiary/aromatic N) is 1. The zero-order chi connectivity index (χ0) is 15.4. The lowest BCUT2D eigenvalue weighted by molar-refractivity contribution is -0.138. The molecule has 0 bridgehead atoms. The number of rotatable bonds is 5. The lowest BCUT2D eigenvalue weighted by Gasteiger charge is -2.27. The van der Waals surface area contributed by atoms with Crippen LogP contribution in [0.5, 0.6) is 5.75 Å². The highest BCUT2D eigenvalue weighted by atomic mass is 35.5. The highest BCUT2D eigenvalue weighted by Crippen LogP contribution is 2.27. The topological polar surface area (TPSA) is 41.6 Å². The second-order valence-electron chi connectivity index (χ2n) is 5.58. The Bertz CT molecular complexity index is 511. The molecule has 1 heterocycles. The molecule has 0 radical (unpaired) electrons. The largest absolute Gasteiger partial charge is 0.479 e. The van der Waals surface area contributed by atoms with Gasteiger partial charge in [-0.3, -0.25) is 4.79 Å². The third kappa shape index (κ3) is 4.51. The summed E-state index contributed by atoms with van der Waals surface area (Å²) in [4.78, 5) is 14.5. The first kappa shape index (κ1) is 19.1. The number of carbonyl (C=O) groups excluding carboxylic acids is 1. The highest BCUT2D eigenvalue weighted by molar-refractivity contribution is 6.32. The summed E-state index contributed by atoms with van der Waals surface area (Å²) in [5.74, 6) is 0.604. The molecule has 0 saturated carbocycles. The first-order valence-electron chi connectivity index (χ1n) is 7.41. The number of carbonyl (C=O) groups is 1. The van der Waals surface area contributed by atoms with Crippen molar-refractivity contribution >= 4 is 29.9 Å². The molecule has 4 nitrogen and oxygen atoms in total. The van der Waals surface area contributed by atoms with E-state index in [-0.39, 0.29) is 24.4 Å². The van der Waals surface area contributed by atoms with Crippen LogP contribution >= 0.6 is 24.0 Å². The van der Waals surface area contributed by atoms with E-state index in [0.29, 0.717) is 10.8 Å². The van der Waals surface area contributed by atoms with Gasteiger partial charge in [-0.15, -0.1) is 12.4 Å². The van der Waals surface area contributed by atoms with E-state index in [2.05, 4.69) is 5.32 Å². The molecule has 1 amide bonds. The fourth-order valence-electron chi connectivity index (χ4n) is 2.75. The summed E-state index contributed by atoms with van der Waals surface area (Å²) >= 11 is 6.12. The zero-order valence-electron chi connectivity index (χ0n) is 13.3. The molecule has 1 aliphatic heterocycles. The Labute approximate surface area is 143 Å². The summed E-state index contributed by atoms with van der Waals surface area (Å²) in [7, 11) is 1.91. The first-order chi connectivity index (χ1) is 10.0. The minimum Gasteiger partial charge on any atom is -0.479 e. The van der Waals surface area contributed by atoms with Crippen LogP contribution < -0.4 is 10.1 Å². The average molecular weight is 347 g/mol. The highest BCUT2D eigenvalue weighted by Gasteiger charge is 2.31. The van der Waals surface area contributed by atoms with Gasteiger partial charge in [-0.2, -0.15) is 0 Å². The fraction of sp³-hybridized carbons (Fsp3) is 0.562. The van der Waals surface area contributed by atoms with Crippen LogP contribution in [0.25, 0.3) is 0 Å². The number of likely N-dealkylation sites (N-methyl/N-ethyl adjacent to an activating group) is 1. The van der Waals surface area contributed by atoms with E-state index in [1.807, 2.05) is 31.0 Å². The molecule has 2 unspecified atom stereocenters. The molecule has 124 valence electrons. The summed E-state index contributed by atoms with van der Waals surface area (Å²) in [5.41, 5.74) is 1.06. The molecule has 1 aliphatic rings. The Hall–Kier alpha value is -0.970. The summed E-state index contributed by atoms with van der Waals surface area (Å²) < 4.78 is 5.78. The Morgan fingerprint density at radius 1 is 1.55 bits per heavy atom. The van der Waals surface area contributed by atoms with Gasteiger partial charge in [0.15, 0.2) is 6.10 Å². The number of hydrogen-bond acceptors (Lipinski definition) is 3. The number of benzene rings is 1. The molecule has 0 aromatic heterocycles. The second-order valence-corrected chi connectivity index (χ2v) is 5.99. The van der Waals surface area contributed by atoms with Crippen molar-refractivity contribution in [3.8, 4) is 5.75 Å². The second kappa shape index (κ2) is 8.61. The number of hydrogen-bond donors (Lipinski definition) is 1. The lowest BCUT2D eigenvalue weighted by Crippen LogP contribution is -2.46.